The average molecular weight is 187 g/mol. The van der Waals surface area contributed by atoms with Crippen molar-refractivity contribution in [2.45, 2.75) is 26.1 Å². The van der Waals surface area contributed by atoms with Crippen LogP contribution in [0.1, 0.15) is 20.3 Å². The summed E-state index contributed by atoms with van der Waals surface area (Å²) in [6, 6.07) is 0. The van der Waals surface area contributed by atoms with Crippen LogP contribution in [0.2, 0.25) is 0 Å². The molecule has 13 heavy (non-hydrogen) atoms. The van der Waals surface area contributed by atoms with E-state index in [0.29, 0.717) is 26.2 Å². The molecule has 0 aromatic heterocycles. The zero-order valence-corrected chi connectivity index (χ0v) is 8.50. The lowest BCUT2D eigenvalue weighted by molar-refractivity contribution is -0.222. The quantitative estimate of drug-likeness (QED) is 0.605. The molecule has 0 saturated carbocycles. The molecule has 0 radical (unpaired) electrons. The highest BCUT2D eigenvalue weighted by molar-refractivity contribution is 5.85. The van der Waals surface area contributed by atoms with Gasteiger partial charge in [-0.1, -0.05) is 0 Å². The molecule has 1 fully saturated rings. The monoisotopic (exact) mass is 187 g/mol. The van der Waals surface area contributed by atoms with Gasteiger partial charge in [-0.3, -0.25) is 4.79 Å². The first-order chi connectivity index (χ1) is 6.16. The Kier molecular flexibility index (Phi) is 3.27. The maximum Gasteiger partial charge on any atom is 0.282 e. The second-order valence-corrected chi connectivity index (χ2v) is 3.10. The molecule has 0 aliphatic carbocycles. The van der Waals surface area contributed by atoms with E-state index in [-0.39, 0.29) is 5.91 Å². The summed E-state index contributed by atoms with van der Waals surface area (Å²) in [4.78, 5) is 13.3. The van der Waals surface area contributed by atoms with Crippen molar-refractivity contribution in [1.82, 2.24) is 4.90 Å². The third kappa shape index (κ3) is 1.84. The number of hydrogen-bond acceptors (Lipinski definition) is 3. The molecule has 0 atom stereocenters. The Hall–Kier alpha value is -0.610. The zero-order valence-electron chi connectivity index (χ0n) is 8.50. The molecule has 0 N–H and O–H groups in total. The summed E-state index contributed by atoms with van der Waals surface area (Å²) in [6.07, 6.45) is 0.629. The highest BCUT2D eigenvalue weighted by Crippen LogP contribution is 2.27. The molecule has 0 aromatic rings. The Bertz CT molecular complexity index is 182. The van der Waals surface area contributed by atoms with E-state index in [2.05, 4.69) is 0 Å². The molecule has 1 amide bonds. The number of carbonyl (C=O) groups is 1. The fourth-order valence-corrected chi connectivity index (χ4v) is 1.59. The van der Waals surface area contributed by atoms with E-state index in [0.717, 1.165) is 0 Å². The van der Waals surface area contributed by atoms with Crippen LogP contribution in [-0.2, 0) is 14.3 Å². The lowest BCUT2D eigenvalue weighted by atomic mass is 10.2. The minimum atomic E-state index is -0.988. The summed E-state index contributed by atoms with van der Waals surface area (Å²) in [6.45, 7) is 5.44. The lowest BCUT2D eigenvalue weighted by Gasteiger charge is -2.26. The van der Waals surface area contributed by atoms with Crippen molar-refractivity contribution < 1.29 is 14.3 Å². The van der Waals surface area contributed by atoms with Gasteiger partial charge >= 0.3 is 0 Å². The van der Waals surface area contributed by atoms with Crippen molar-refractivity contribution in [3.05, 3.63) is 0 Å². The van der Waals surface area contributed by atoms with E-state index >= 15 is 0 Å². The Morgan fingerprint density at radius 2 is 1.92 bits per heavy atom. The van der Waals surface area contributed by atoms with Crippen LogP contribution in [0.3, 0.4) is 0 Å². The SMILES string of the molecule is CCOC1(OCC)CCN(C)C1=O. The first kappa shape index (κ1) is 10.5. The van der Waals surface area contributed by atoms with Crippen LogP contribution in [0, 0.1) is 0 Å². The van der Waals surface area contributed by atoms with Gasteiger partial charge in [-0.2, -0.15) is 0 Å². The van der Waals surface area contributed by atoms with Crippen LogP contribution in [0.25, 0.3) is 0 Å². The number of likely N-dealkylation sites (tertiary alicyclic amines) is 1. The predicted molar refractivity (Wildman–Crippen MR) is 48.2 cm³/mol. The molecule has 0 spiro atoms. The molecule has 0 bridgehead atoms. The van der Waals surface area contributed by atoms with Gasteiger partial charge in [0, 0.05) is 33.2 Å². The van der Waals surface area contributed by atoms with E-state index < -0.39 is 5.79 Å². The minimum Gasteiger partial charge on any atom is -0.342 e. The third-order valence-corrected chi connectivity index (χ3v) is 2.20. The summed E-state index contributed by atoms with van der Waals surface area (Å²) in [5.41, 5.74) is 0. The number of nitrogens with zero attached hydrogens (tertiary/aromatic N) is 1. The topological polar surface area (TPSA) is 38.8 Å². The van der Waals surface area contributed by atoms with Gasteiger partial charge in [0.1, 0.15) is 0 Å². The number of hydrogen-bond donors (Lipinski definition) is 0. The number of ether oxygens (including phenoxy) is 2. The fourth-order valence-electron chi connectivity index (χ4n) is 1.59. The smallest absolute Gasteiger partial charge is 0.282 e. The standard InChI is InChI=1S/C9H17NO3/c1-4-12-9(13-5-2)6-7-10(3)8(9)11/h4-7H2,1-3H3. The summed E-state index contributed by atoms with van der Waals surface area (Å²) >= 11 is 0. The number of carbonyl (C=O) groups excluding carboxylic acids is 1. The van der Waals surface area contributed by atoms with Crippen LogP contribution in [0.4, 0.5) is 0 Å². The highest BCUT2D eigenvalue weighted by atomic mass is 16.7. The van der Waals surface area contributed by atoms with Crippen molar-refractivity contribution in [3.8, 4) is 0 Å². The van der Waals surface area contributed by atoms with Gasteiger partial charge in [0.05, 0.1) is 0 Å². The number of amides is 1. The van der Waals surface area contributed by atoms with Crippen LogP contribution < -0.4 is 0 Å². The van der Waals surface area contributed by atoms with E-state index in [9.17, 15) is 4.79 Å². The Morgan fingerprint density at radius 1 is 1.38 bits per heavy atom. The van der Waals surface area contributed by atoms with Gasteiger partial charge in [-0.15, -0.1) is 0 Å². The fraction of sp³-hybridized carbons (Fsp3) is 0.889. The molecule has 0 aromatic carbocycles. The largest absolute Gasteiger partial charge is 0.342 e. The zero-order chi connectivity index (χ0) is 9.90. The molecule has 76 valence electrons. The Balaban J connectivity index is 2.72. The molecule has 1 aliphatic heterocycles. The molecule has 4 heteroatoms. The van der Waals surface area contributed by atoms with Crippen LogP contribution in [0.15, 0.2) is 0 Å². The molecular weight excluding hydrogens is 170 g/mol. The van der Waals surface area contributed by atoms with Gasteiger partial charge in [0.15, 0.2) is 0 Å². The van der Waals surface area contributed by atoms with Gasteiger partial charge in [-0.25, -0.2) is 0 Å². The molecule has 0 unspecified atom stereocenters. The second-order valence-electron chi connectivity index (χ2n) is 3.10. The second kappa shape index (κ2) is 4.07. The van der Waals surface area contributed by atoms with Crippen LogP contribution >= 0.6 is 0 Å². The van der Waals surface area contributed by atoms with Crippen molar-refractivity contribution in [2.75, 3.05) is 26.8 Å². The first-order valence-electron chi connectivity index (χ1n) is 4.69. The lowest BCUT2D eigenvalue weighted by Crippen LogP contribution is -2.44. The highest BCUT2D eigenvalue weighted by Gasteiger charge is 2.47. The van der Waals surface area contributed by atoms with Crippen LogP contribution in [0.5, 0.6) is 0 Å². The minimum absolute atomic E-state index is 0.0591. The van der Waals surface area contributed by atoms with Crippen molar-refractivity contribution >= 4 is 5.91 Å². The van der Waals surface area contributed by atoms with E-state index in [1.165, 1.54) is 0 Å². The maximum absolute atomic E-state index is 11.7. The molecule has 1 saturated heterocycles. The Morgan fingerprint density at radius 3 is 2.23 bits per heavy atom. The molecule has 1 rings (SSSR count). The molecular formula is C9H17NO3. The maximum atomic E-state index is 11.7. The van der Waals surface area contributed by atoms with Crippen molar-refractivity contribution in [2.24, 2.45) is 0 Å². The third-order valence-electron chi connectivity index (χ3n) is 2.20. The van der Waals surface area contributed by atoms with E-state index in [4.69, 9.17) is 9.47 Å². The van der Waals surface area contributed by atoms with E-state index in [1.807, 2.05) is 13.8 Å². The molecule has 4 nitrogen and oxygen atoms in total. The normalized spacial score (nSPS) is 21.2. The van der Waals surface area contributed by atoms with E-state index in [1.54, 1.807) is 11.9 Å². The van der Waals surface area contributed by atoms with Crippen LogP contribution in [-0.4, -0.2) is 43.4 Å². The summed E-state index contributed by atoms with van der Waals surface area (Å²) in [7, 11) is 1.77. The molecule has 1 aliphatic rings. The van der Waals surface area contributed by atoms with Gasteiger partial charge in [0.2, 0.25) is 0 Å². The predicted octanol–water partition coefficient (Wildman–Crippen LogP) is 0.618. The summed E-state index contributed by atoms with van der Waals surface area (Å²) < 4.78 is 10.8. The van der Waals surface area contributed by atoms with Gasteiger partial charge in [0.25, 0.3) is 11.7 Å². The van der Waals surface area contributed by atoms with Gasteiger partial charge < -0.3 is 14.4 Å². The average Bonchev–Trinajstić information content (AvgIpc) is 2.36. The first-order valence-corrected chi connectivity index (χ1v) is 4.69. The summed E-state index contributed by atoms with van der Waals surface area (Å²) in [5, 5.41) is 0. The van der Waals surface area contributed by atoms with Gasteiger partial charge in [-0.05, 0) is 13.8 Å². The van der Waals surface area contributed by atoms with Crippen molar-refractivity contribution in [1.29, 1.82) is 0 Å². The summed E-state index contributed by atoms with van der Waals surface area (Å²) in [5.74, 6) is -1.05. The van der Waals surface area contributed by atoms with Crippen molar-refractivity contribution in [3.63, 3.8) is 0 Å². The number of likely N-dealkylation sites (N-methyl/N-ethyl adjacent to an activating group) is 1. The number of rotatable bonds is 4. The molecule has 1 heterocycles. The Labute approximate surface area is 78.8 Å².